The Morgan fingerprint density at radius 3 is 2.65 bits per heavy atom. The first-order chi connectivity index (χ1) is 10.3. The van der Waals surface area contributed by atoms with Gasteiger partial charge in [0.1, 0.15) is 0 Å². The number of halogens is 1. The van der Waals surface area contributed by atoms with Gasteiger partial charge in [0.2, 0.25) is 5.91 Å². The zero-order valence-electron chi connectivity index (χ0n) is 14.4. The third kappa shape index (κ3) is 8.55. The average molecular weight is 452 g/mol. The minimum Gasteiger partial charge on any atom is -0.369 e. The van der Waals surface area contributed by atoms with Crippen molar-refractivity contribution in [3.63, 3.8) is 0 Å². The van der Waals surface area contributed by atoms with Crippen molar-refractivity contribution in [2.75, 3.05) is 19.6 Å². The second-order valence-corrected chi connectivity index (χ2v) is 7.25. The largest absolute Gasteiger partial charge is 0.369 e. The first-order valence-electron chi connectivity index (χ1n) is 7.69. The Labute approximate surface area is 160 Å². The molecule has 0 aromatic carbocycles. The minimum atomic E-state index is -0.634. The summed E-state index contributed by atoms with van der Waals surface area (Å²) in [7, 11) is 0. The molecule has 1 aromatic rings. The average Bonchev–Trinajstić information content (AvgIpc) is 2.94. The molecule has 0 radical (unpaired) electrons. The lowest BCUT2D eigenvalue weighted by molar-refractivity contribution is -0.125. The van der Waals surface area contributed by atoms with Crippen molar-refractivity contribution in [3.8, 4) is 0 Å². The van der Waals surface area contributed by atoms with Crippen molar-refractivity contribution in [2.45, 2.75) is 34.1 Å². The number of aliphatic imine (C=N–C) groups is 1. The molecule has 132 valence electrons. The molecule has 4 N–H and O–H groups in total. The number of carbonyl (C=O) groups excluding carboxylic acids is 1. The fourth-order valence-corrected chi connectivity index (χ4v) is 2.68. The van der Waals surface area contributed by atoms with Gasteiger partial charge in [0.05, 0.1) is 12.0 Å². The number of hydrogen-bond donors (Lipinski definition) is 3. The quantitative estimate of drug-likeness (QED) is 0.322. The van der Waals surface area contributed by atoms with Crippen LogP contribution < -0.4 is 16.4 Å². The van der Waals surface area contributed by atoms with Gasteiger partial charge in [-0.3, -0.25) is 9.79 Å². The Morgan fingerprint density at radius 1 is 1.43 bits per heavy atom. The normalized spacial score (nSPS) is 13.1. The molecule has 1 unspecified atom stereocenters. The Morgan fingerprint density at radius 2 is 2.13 bits per heavy atom. The molecule has 0 spiro atoms. The zero-order valence-corrected chi connectivity index (χ0v) is 17.5. The highest BCUT2D eigenvalue weighted by Gasteiger charge is 2.24. The van der Waals surface area contributed by atoms with Gasteiger partial charge in [-0.2, -0.15) is 0 Å². The van der Waals surface area contributed by atoms with Crippen LogP contribution in [-0.4, -0.2) is 31.5 Å². The molecule has 1 aromatic heterocycles. The molecule has 23 heavy (non-hydrogen) atoms. The summed E-state index contributed by atoms with van der Waals surface area (Å²) in [6.45, 7) is 9.83. The molecule has 1 atom stereocenters. The van der Waals surface area contributed by atoms with E-state index in [2.05, 4.69) is 40.1 Å². The van der Waals surface area contributed by atoms with Crippen LogP contribution in [0.4, 0.5) is 0 Å². The summed E-state index contributed by atoms with van der Waals surface area (Å²) in [6.07, 6.45) is 1.05. The smallest absolute Gasteiger partial charge is 0.224 e. The number of hydrogen-bond acceptors (Lipinski definition) is 3. The second-order valence-electron chi connectivity index (χ2n) is 6.21. The van der Waals surface area contributed by atoms with Crippen molar-refractivity contribution in [1.29, 1.82) is 0 Å². The van der Waals surface area contributed by atoms with Crippen LogP contribution in [0.25, 0.3) is 0 Å². The molecule has 0 fully saturated rings. The van der Waals surface area contributed by atoms with Gasteiger partial charge in [0.25, 0.3) is 0 Å². The van der Waals surface area contributed by atoms with E-state index in [-0.39, 0.29) is 29.9 Å². The molecule has 1 amide bonds. The molecule has 0 aliphatic rings. The fraction of sp³-hybridized carbons (Fsp3) is 0.625. The van der Waals surface area contributed by atoms with Gasteiger partial charge in [-0.1, -0.05) is 13.0 Å². The summed E-state index contributed by atoms with van der Waals surface area (Å²) in [5.74, 6) is 0.902. The van der Waals surface area contributed by atoms with E-state index < -0.39 is 5.41 Å². The van der Waals surface area contributed by atoms with E-state index in [0.717, 1.165) is 25.5 Å². The second kappa shape index (κ2) is 10.9. The predicted molar refractivity (Wildman–Crippen MR) is 110 cm³/mol. The maximum Gasteiger partial charge on any atom is 0.224 e. The molecule has 0 saturated carbocycles. The van der Waals surface area contributed by atoms with Gasteiger partial charge in [-0.25, -0.2) is 0 Å². The van der Waals surface area contributed by atoms with Gasteiger partial charge < -0.3 is 16.4 Å². The SMILES string of the molecule is CCNC(=NCC(C)(C)C(N)=O)NCC(C)Cc1cccs1.I. The van der Waals surface area contributed by atoms with Crippen molar-refractivity contribution in [3.05, 3.63) is 22.4 Å². The van der Waals surface area contributed by atoms with E-state index in [9.17, 15) is 4.79 Å². The van der Waals surface area contributed by atoms with Crippen LogP contribution in [0.1, 0.15) is 32.6 Å². The van der Waals surface area contributed by atoms with Crippen LogP contribution in [0.3, 0.4) is 0 Å². The van der Waals surface area contributed by atoms with Gasteiger partial charge in [-0.05, 0) is 44.6 Å². The summed E-state index contributed by atoms with van der Waals surface area (Å²) < 4.78 is 0. The van der Waals surface area contributed by atoms with E-state index in [1.807, 2.05) is 20.8 Å². The number of nitrogens with one attached hydrogen (secondary N) is 2. The van der Waals surface area contributed by atoms with Crippen molar-refractivity contribution < 1.29 is 4.79 Å². The molecule has 1 rings (SSSR count). The molecular formula is C16H29IN4OS. The van der Waals surface area contributed by atoms with E-state index in [4.69, 9.17) is 5.73 Å². The summed E-state index contributed by atoms with van der Waals surface area (Å²) >= 11 is 1.79. The maximum atomic E-state index is 11.3. The summed E-state index contributed by atoms with van der Waals surface area (Å²) in [6, 6.07) is 4.24. The number of nitrogens with zero attached hydrogens (tertiary/aromatic N) is 1. The summed E-state index contributed by atoms with van der Waals surface area (Å²) in [4.78, 5) is 17.2. The maximum absolute atomic E-state index is 11.3. The zero-order chi connectivity index (χ0) is 16.6. The number of nitrogens with two attached hydrogens (primary N) is 1. The molecule has 0 aliphatic heterocycles. The van der Waals surface area contributed by atoms with Crippen LogP contribution in [0.5, 0.6) is 0 Å². The van der Waals surface area contributed by atoms with Gasteiger partial charge >= 0.3 is 0 Å². The van der Waals surface area contributed by atoms with E-state index in [1.54, 1.807) is 11.3 Å². The third-order valence-electron chi connectivity index (χ3n) is 3.39. The van der Waals surface area contributed by atoms with Gasteiger partial charge in [-0.15, -0.1) is 35.3 Å². The van der Waals surface area contributed by atoms with Gasteiger partial charge in [0, 0.05) is 18.0 Å². The Kier molecular flexibility index (Phi) is 10.5. The predicted octanol–water partition coefficient (Wildman–Crippen LogP) is 2.61. The van der Waals surface area contributed by atoms with E-state index in [1.165, 1.54) is 4.88 Å². The van der Waals surface area contributed by atoms with Crippen LogP contribution >= 0.6 is 35.3 Å². The summed E-state index contributed by atoms with van der Waals surface area (Å²) in [5, 5.41) is 8.64. The molecule has 5 nitrogen and oxygen atoms in total. The fourth-order valence-electron chi connectivity index (χ4n) is 1.81. The molecule has 0 aliphatic carbocycles. The van der Waals surface area contributed by atoms with E-state index >= 15 is 0 Å². The van der Waals surface area contributed by atoms with Crippen LogP contribution in [0.15, 0.2) is 22.5 Å². The standard InChI is InChI=1S/C16H28N4OS.HI/c1-5-18-15(20-11-16(3,4)14(17)21)19-10-12(2)9-13-7-6-8-22-13;/h6-8,12H,5,9-11H2,1-4H3,(H2,17,21)(H2,18,19,20);1H. The van der Waals surface area contributed by atoms with Crippen LogP contribution in [0, 0.1) is 11.3 Å². The molecule has 1 heterocycles. The summed E-state index contributed by atoms with van der Waals surface area (Å²) in [5.41, 5.74) is 4.75. The lowest BCUT2D eigenvalue weighted by Crippen LogP contribution is -2.41. The molecule has 7 heteroatoms. The molecule has 0 bridgehead atoms. The van der Waals surface area contributed by atoms with E-state index in [0.29, 0.717) is 12.5 Å². The first-order valence-corrected chi connectivity index (χ1v) is 8.57. The number of guanidine groups is 1. The lowest BCUT2D eigenvalue weighted by atomic mass is 9.93. The Bertz CT molecular complexity index is 488. The Balaban J connectivity index is 0.00000484. The number of amides is 1. The number of rotatable bonds is 8. The molecular weight excluding hydrogens is 423 g/mol. The van der Waals surface area contributed by atoms with Crippen molar-refractivity contribution in [1.82, 2.24) is 10.6 Å². The highest BCUT2D eigenvalue weighted by Crippen LogP contribution is 2.15. The number of thiophene rings is 1. The van der Waals surface area contributed by atoms with Crippen molar-refractivity contribution >= 4 is 47.2 Å². The monoisotopic (exact) mass is 452 g/mol. The van der Waals surface area contributed by atoms with Crippen molar-refractivity contribution in [2.24, 2.45) is 22.1 Å². The first kappa shape index (κ1) is 22.2. The number of primary amides is 1. The highest BCUT2D eigenvalue weighted by molar-refractivity contribution is 14.0. The third-order valence-corrected chi connectivity index (χ3v) is 4.29. The Hall–Kier alpha value is -0.830. The van der Waals surface area contributed by atoms with Crippen LogP contribution in [0.2, 0.25) is 0 Å². The lowest BCUT2D eigenvalue weighted by Gasteiger charge is -2.20. The number of carbonyl (C=O) groups is 1. The highest BCUT2D eigenvalue weighted by atomic mass is 127. The molecule has 0 saturated heterocycles. The van der Waals surface area contributed by atoms with Crippen LogP contribution in [-0.2, 0) is 11.2 Å². The minimum absolute atomic E-state index is 0. The van der Waals surface area contributed by atoms with Gasteiger partial charge in [0.15, 0.2) is 5.96 Å². The topological polar surface area (TPSA) is 79.5 Å².